The average molecular weight is 290 g/mol. The van der Waals surface area contributed by atoms with Gasteiger partial charge in [0.2, 0.25) is 5.43 Å². The molecule has 0 radical (unpaired) electrons. The summed E-state index contributed by atoms with van der Waals surface area (Å²) in [6, 6.07) is 7.02. The summed E-state index contributed by atoms with van der Waals surface area (Å²) in [7, 11) is 1.67. The lowest BCUT2D eigenvalue weighted by Gasteiger charge is -2.07. The summed E-state index contributed by atoms with van der Waals surface area (Å²) in [6.45, 7) is 1.80. The molecule has 102 valence electrons. The summed E-state index contributed by atoms with van der Waals surface area (Å²) >= 11 is 6.13. The fourth-order valence-corrected chi connectivity index (χ4v) is 2.57. The first-order chi connectivity index (χ1) is 9.50. The zero-order valence-electron chi connectivity index (χ0n) is 10.9. The molecule has 0 bridgehead atoms. The average Bonchev–Trinajstić information content (AvgIpc) is 2.69. The minimum atomic E-state index is -0.461. The van der Waals surface area contributed by atoms with Gasteiger partial charge in [0.05, 0.1) is 21.9 Å². The highest BCUT2D eigenvalue weighted by Gasteiger charge is 2.18. The van der Waals surface area contributed by atoms with Gasteiger partial charge in [-0.15, -0.1) is 0 Å². The van der Waals surface area contributed by atoms with E-state index in [1.807, 2.05) is 0 Å². The van der Waals surface area contributed by atoms with Crippen molar-refractivity contribution in [2.24, 2.45) is 7.05 Å². The van der Waals surface area contributed by atoms with Crippen molar-refractivity contribution in [3.8, 4) is 17.0 Å². The molecule has 2 aromatic heterocycles. The lowest BCUT2D eigenvalue weighted by molar-refractivity contribution is 0.471. The Kier molecular flexibility index (Phi) is 2.79. The summed E-state index contributed by atoms with van der Waals surface area (Å²) < 4.78 is 1.46. The zero-order valence-corrected chi connectivity index (χ0v) is 11.7. The van der Waals surface area contributed by atoms with Crippen molar-refractivity contribution in [3.63, 3.8) is 0 Å². The highest BCUT2D eigenvalue weighted by Crippen LogP contribution is 2.32. The monoisotopic (exact) mass is 289 g/mol. The predicted octanol–water partition coefficient (Wildman–Crippen LogP) is 2.60. The number of nitrogens with zero attached hydrogens (tertiary/aromatic N) is 2. The molecule has 5 nitrogen and oxygen atoms in total. The van der Waals surface area contributed by atoms with Gasteiger partial charge in [0.25, 0.3) is 0 Å². The van der Waals surface area contributed by atoms with Crippen LogP contribution in [-0.2, 0) is 7.05 Å². The molecule has 1 aromatic carbocycles. The van der Waals surface area contributed by atoms with Crippen LogP contribution in [0.5, 0.6) is 5.75 Å². The first kappa shape index (κ1) is 12.7. The van der Waals surface area contributed by atoms with Crippen LogP contribution in [0.2, 0.25) is 5.02 Å². The maximum absolute atomic E-state index is 12.3. The van der Waals surface area contributed by atoms with Crippen molar-refractivity contribution in [3.05, 3.63) is 45.2 Å². The molecule has 0 spiro atoms. The lowest BCUT2D eigenvalue weighted by atomic mass is 10.1. The molecule has 0 aliphatic carbocycles. The number of nitrogens with one attached hydrogen (secondary N) is 1. The number of aromatic hydroxyl groups is 1. The van der Waals surface area contributed by atoms with Crippen molar-refractivity contribution in [2.75, 3.05) is 0 Å². The van der Waals surface area contributed by atoms with Crippen LogP contribution in [0.4, 0.5) is 0 Å². The first-order valence-corrected chi connectivity index (χ1v) is 6.42. The van der Waals surface area contributed by atoms with Crippen LogP contribution in [0, 0.1) is 6.92 Å². The quantitative estimate of drug-likeness (QED) is 0.723. The van der Waals surface area contributed by atoms with Crippen molar-refractivity contribution in [2.45, 2.75) is 6.92 Å². The maximum atomic E-state index is 12.3. The van der Waals surface area contributed by atoms with Gasteiger partial charge in [-0.05, 0) is 13.0 Å². The lowest BCUT2D eigenvalue weighted by Crippen LogP contribution is -2.08. The van der Waals surface area contributed by atoms with Gasteiger partial charge >= 0.3 is 0 Å². The minimum Gasteiger partial charge on any atom is -0.503 e. The van der Waals surface area contributed by atoms with Crippen LogP contribution in [0.25, 0.3) is 22.3 Å². The molecule has 20 heavy (non-hydrogen) atoms. The smallest absolute Gasteiger partial charge is 0.249 e. The van der Waals surface area contributed by atoms with Gasteiger partial charge in [0, 0.05) is 12.6 Å². The number of pyridine rings is 1. The molecular weight excluding hydrogens is 278 g/mol. The van der Waals surface area contributed by atoms with Crippen molar-refractivity contribution in [1.82, 2.24) is 14.8 Å². The molecule has 0 saturated heterocycles. The largest absolute Gasteiger partial charge is 0.503 e. The van der Waals surface area contributed by atoms with E-state index >= 15 is 0 Å². The molecule has 0 saturated carbocycles. The number of H-pyrrole nitrogens is 1. The summed E-state index contributed by atoms with van der Waals surface area (Å²) in [5.41, 5.74) is 2.06. The van der Waals surface area contributed by atoms with E-state index < -0.39 is 5.43 Å². The Morgan fingerprint density at radius 1 is 1.35 bits per heavy atom. The van der Waals surface area contributed by atoms with Crippen LogP contribution < -0.4 is 5.43 Å². The van der Waals surface area contributed by atoms with Crippen molar-refractivity contribution < 1.29 is 5.11 Å². The van der Waals surface area contributed by atoms with E-state index in [4.69, 9.17) is 11.6 Å². The molecule has 2 heterocycles. The van der Waals surface area contributed by atoms with E-state index in [0.29, 0.717) is 33.0 Å². The van der Waals surface area contributed by atoms with Gasteiger partial charge in [0.1, 0.15) is 5.52 Å². The van der Waals surface area contributed by atoms with Crippen LogP contribution in [0.1, 0.15) is 5.69 Å². The second-order valence-electron chi connectivity index (χ2n) is 4.59. The molecule has 0 unspecified atom stereocenters. The predicted molar refractivity (Wildman–Crippen MR) is 78.2 cm³/mol. The second-order valence-corrected chi connectivity index (χ2v) is 5.00. The van der Waals surface area contributed by atoms with E-state index in [1.165, 1.54) is 4.68 Å². The highest BCUT2D eigenvalue weighted by atomic mass is 35.5. The van der Waals surface area contributed by atoms with E-state index in [2.05, 4.69) is 10.1 Å². The van der Waals surface area contributed by atoms with Gasteiger partial charge in [-0.3, -0.25) is 9.48 Å². The van der Waals surface area contributed by atoms with Gasteiger partial charge in [0.15, 0.2) is 5.75 Å². The number of aromatic nitrogens is 3. The molecule has 2 N–H and O–H groups in total. The number of rotatable bonds is 1. The molecular formula is C14H12ClN3O2. The maximum Gasteiger partial charge on any atom is 0.249 e. The Labute approximate surface area is 119 Å². The zero-order chi connectivity index (χ0) is 14.4. The van der Waals surface area contributed by atoms with E-state index in [-0.39, 0.29) is 5.75 Å². The molecule has 3 aromatic rings. The third kappa shape index (κ3) is 1.71. The van der Waals surface area contributed by atoms with Crippen molar-refractivity contribution >= 4 is 22.6 Å². The Hall–Kier alpha value is -2.27. The minimum absolute atomic E-state index is 0.309. The number of hydrogen-bond donors (Lipinski definition) is 2. The first-order valence-electron chi connectivity index (χ1n) is 6.04. The van der Waals surface area contributed by atoms with Gasteiger partial charge in [-0.25, -0.2) is 0 Å². The van der Waals surface area contributed by atoms with Crippen LogP contribution in [-0.4, -0.2) is 19.9 Å². The van der Waals surface area contributed by atoms with Crippen LogP contribution in [0.3, 0.4) is 0 Å². The highest BCUT2D eigenvalue weighted by molar-refractivity contribution is 6.33. The third-order valence-electron chi connectivity index (χ3n) is 3.28. The van der Waals surface area contributed by atoms with Crippen LogP contribution in [0.15, 0.2) is 29.1 Å². The Balaban J connectivity index is 2.45. The Bertz CT molecular complexity index is 880. The second kappa shape index (κ2) is 4.38. The van der Waals surface area contributed by atoms with E-state index in [0.717, 1.165) is 0 Å². The van der Waals surface area contributed by atoms with Gasteiger partial charge in [-0.1, -0.05) is 29.8 Å². The van der Waals surface area contributed by atoms with Gasteiger partial charge in [-0.2, -0.15) is 5.10 Å². The van der Waals surface area contributed by atoms with Crippen molar-refractivity contribution in [1.29, 1.82) is 0 Å². The SMILES string of the molecule is Cc1nn(C)c2c(=O)c(O)c(-c3ccccc3Cl)[nH]c12. The van der Waals surface area contributed by atoms with E-state index in [1.54, 1.807) is 38.2 Å². The summed E-state index contributed by atoms with van der Waals surface area (Å²) in [5, 5.41) is 14.8. The fraction of sp³-hybridized carbons (Fsp3) is 0.143. The number of benzene rings is 1. The Morgan fingerprint density at radius 3 is 2.75 bits per heavy atom. The number of aromatic amines is 1. The fourth-order valence-electron chi connectivity index (χ4n) is 2.34. The molecule has 0 aliphatic rings. The number of aryl methyl sites for hydroxylation is 2. The molecule has 0 atom stereocenters. The summed E-state index contributed by atoms with van der Waals surface area (Å²) in [5.74, 6) is -0.353. The molecule has 6 heteroatoms. The van der Waals surface area contributed by atoms with E-state index in [9.17, 15) is 9.90 Å². The van der Waals surface area contributed by atoms with Gasteiger partial charge < -0.3 is 10.1 Å². The molecule has 0 aliphatic heterocycles. The number of halogens is 1. The normalized spacial score (nSPS) is 11.2. The summed E-state index contributed by atoms with van der Waals surface area (Å²) in [6.07, 6.45) is 0. The topological polar surface area (TPSA) is 70.9 Å². The molecule has 0 fully saturated rings. The van der Waals surface area contributed by atoms with Crippen LogP contribution >= 0.6 is 11.6 Å². The standard InChI is InChI=1S/C14H12ClN3O2/c1-7-10-12(18(2)17-7)14(20)13(19)11(16-10)8-5-3-4-6-9(8)15/h3-6,19H,1-2H3,(H,16,20). The molecule has 3 rings (SSSR count). The number of fused-ring (bicyclic) bond motifs is 1. The number of hydrogen-bond acceptors (Lipinski definition) is 3. The summed E-state index contributed by atoms with van der Waals surface area (Å²) in [4.78, 5) is 15.4. The third-order valence-corrected chi connectivity index (χ3v) is 3.61. The molecule has 0 amide bonds. The Morgan fingerprint density at radius 2 is 2.05 bits per heavy atom.